The highest BCUT2D eigenvalue weighted by Crippen LogP contribution is 2.04. The molecule has 1 saturated heterocycles. The molecule has 0 unspecified atom stereocenters. The van der Waals surface area contributed by atoms with Gasteiger partial charge in [0.2, 0.25) is 5.91 Å². The molecule has 1 aliphatic rings. The van der Waals surface area contributed by atoms with Gasteiger partial charge >= 0.3 is 0 Å². The largest absolute Gasteiger partial charge is 0.352 e. The molecular weight excluding hydrogens is 252 g/mol. The Balaban J connectivity index is 2.28. The van der Waals surface area contributed by atoms with Crippen molar-refractivity contribution in [1.82, 2.24) is 15.1 Å². The molecule has 1 rings (SSSR count). The highest BCUT2D eigenvalue weighted by Gasteiger charge is 2.17. The number of amides is 1. The van der Waals surface area contributed by atoms with Gasteiger partial charge in [-0.05, 0) is 51.9 Å². The van der Waals surface area contributed by atoms with E-state index in [2.05, 4.69) is 29.0 Å². The lowest BCUT2D eigenvalue weighted by Gasteiger charge is -2.22. The van der Waals surface area contributed by atoms with Crippen LogP contribution in [0.3, 0.4) is 0 Å². The van der Waals surface area contributed by atoms with Gasteiger partial charge in [-0.2, -0.15) is 0 Å². The van der Waals surface area contributed by atoms with Crippen molar-refractivity contribution >= 4 is 5.91 Å². The molecule has 118 valence electrons. The summed E-state index contributed by atoms with van der Waals surface area (Å²) in [6, 6.07) is 0.329. The molecule has 5 heteroatoms. The molecule has 0 aromatic carbocycles. The predicted octanol–water partition coefficient (Wildman–Crippen LogP) is 0.648. The summed E-state index contributed by atoms with van der Waals surface area (Å²) in [5.41, 5.74) is 5.56. The maximum absolute atomic E-state index is 12.0. The van der Waals surface area contributed by atoms with Gasteiger partial charge in [-0.1, -0.05) is 13.8 Å². The van der Waals surface area contributed by atoms with Crippen molar-refractivity contribution in [2.45, 2.75) is 45.6 Å². The Labute approximate surface area is 123 Å². The molecule has 0 aromatic heterocycles. The fourth-order valence-electron chi connectivity index (χ4n) is 2.69. The van der Waals surface area contributed by atoms with E-state index >= 15 is 0 Å². The standard InChI is InChI=1S/C15H32N4O/c1-3-14(4-2)17-15(20)13-19-10-6-9-18(11-12-19)8-5-7-16/h14H,3-13,16H2,1-2H3,(H,17,20). The lowest BCUT2D eigenvalue weighted by molar-refractivity contribution is -0.123. The van der Waals surface area contributed by atoms with Gasteiger partial charge in [0.05, 0.1) is 6.54 Å². The molecule has 3 N–H and O–H groups in total. The van der Waals surface area contributed by atoms with Crippen molar-refractivity contribution in [3.05, 3.63) is 0 Å². The van der Waals surface area contributed by atoms with Gasteiger partial charge in [-0.15, -0.1) is 0 Å². The number of hydrogen-bond donors (Lipinski definition) is 2. The van der Waals surface area contributed by atoms with Crippen LogP contribution < -0.4 is 11.1 Å². The maximum Gasteiger partial charge on any atom is 0.234 e. The predicted molar refractivity (Wildman–Crippen MR) is 83.7 cm³/mol. The van der Waals surface area contributed by atoms with Gasteiger partial charge in [-0.25, -0.2) is 0 Å². The Morgan fingerprint density at radius 3 is 2.45 bits per heavy atom. The smallest absolute Gasteiger partial charge is 0.234 e. The highest BCUT2D eigenvalue weighted by atomic mass is 16.2. The van der Waals surface area contributed by atoms with Crippen LogP contribution in [0.4, 0.5) is 0 Å². The van der Waals surface area contributed by atoms with E-state index in [-0.39, 0.29) is 5.91 Å². The number of rotatable bonds is 8. The average Bonchev–Trinajstić information content (AvgIpc) is 2.68. The van der Waals surface area contributed by atoms with Crippen LogP contribution in [0.5, 0.6) is 0 Å². The molecule has 1 heterocycles. The van der Waals surface area contributed by atoms with Gasteiger partial charge in [0.15, 0.2) is 0 Å². The number of nitrogens with zero attached hydrogens (tertiary/aromatic N) is 2. The van der Waals surface area contributed by atoms with Crippen molar-refractivity contribution in [3.63, 3.8) is 0 Å². The van der Waals surface area contributed by atoms with Crippen molar-refractivity contribution < 1.29 is 4.79 Å². The summed E-state index contributed by atoms with van der Waals surface area (Å²) in [4.78, 5) is 16.8. The first-order valence-corrected chi connectivity index (χ1v) is 8.13. The number of hydrogen-bond acceptors (Lipinski definition) is 4. The molecular formula is C15H32N4O. The van der Waals surface area contributed by atoms with Crippen LogP contribution in [0, 0.1) is 0 Å². The summed E-state index contributed by atoms with van der Waals surface area (Å²) in [5.74, 6) is 0.175. The zero-order chi connectivity index (χ0) is 14.8. The fourth-order valence-corrected chi connectivity index (χ4v) is 2.69. The van der Waals surface area contributed by atoms with Crippen LogP contribution in [-0.4, -0.2) is 67.6 Å². The normalized spacial score (nSPS) is 18.2. The lowest BCUT2D eigenvalue weighted by Crippen LogP contribution is -2.42. The molecule has 0 spiro atoms. The first-order chi connectivity index (χ1) is 9.69. The van der Waals surface area contributed by atoms with E-state index in [4.69, 9.17) is 5.73 Å². The van der Waals surface area contributed by atoms with Crippen molar-refractivity contribution in [1.29, 1.82) is 0 Å². The lowest BCUT2D eigenvalue weighted by atomic mass is 10.2. The van der Waals surface area contributed by atoms with Crippen LogP contribution in [0.15, 0.2) is 0 Å². The molecule has 5 nitrogen and oxygen atoms in total. The van der Waals surface area contributed by atoms with Crippen molar-refractivity contribution in [2.24, 2.45) is 5.73 Å². The quantitative estimate of drug-likeness (QED) is 0.687. The second-order valence-electron chi connectivity index (χ2n) is 5.69. The van der Waals surface area contributed by atoms with Crippen molar-refractivity contribution in [2.75, 3.05) is 45.8 Å². The summed E-state index contributed by atoms with van der Waals surface area (Å²) in [6.45, 7) is 10.8. The molecule has 1 aliphatic heterocycles. The van der Waals surface area contributed by atoms with Crippen LogP contribution in [0.25, 0.3) is 0 Å². The maximum atomic E-state index is 12.0. The summed E-state index contributed by atoms with van der Waals surface area (Å²) < 4.78 is 0. The van der Waals surface area contributed by atoms with E-state index in [9.17, 15) is 4.79 Å². The van der Waals surface area contributed by atoms with E-state index < -0.39 is 0 Å². The minimum absolute atomic E-state index is 0.175. The van der Waals surface area contributed by atoms with E-state index in [0.29, 0.717) is 12.6 Å². The Bertz CT molecular complexity index is 269. The molecule has 0 aliphatic carbocycles. The monoisotopic (exact) mass is 284 g/mol. The van der Waals surface area contributed by atoms with Gasteiger partial charge in [-0.3, -0.25) is 9.69 Å². The minimum Gasteiger partial charge on any atom is -0.352 e. The highest BCUT2D eigenvalue weighted by molar-refractivity contribution is 5.78. The Morgan fingerprint density at radius 2 is 1.80 bits per heavy atom. The zero-order valence-corrected chi connectivity index (χ0v) is 13.2. The number of nitrogens with two attached hydrogens (primary N) is 1. The Hall–Kier alpha value is -0.650. The molecule has 0 radical (unpaired) electrons. The third-order valence-corrected chi connectivity index (χ3v) is 4.08. The van der Waals surface area contributed by atoms with Gasteiger partial charge in [0.25, 0.3) is 0 Å². The molecule has 0 aromatic rings. The van der Waals surface area contributed by atoms with E-state index in [1.165, 1.54) is 0 Å². The van der Waals surface area contributed by atoms with E-state index in [1.54, 1.807) is 0 Å². The average molecular weight is 284 g/mol. The van der Waals surface area contributed by atoms with Gasteiger partial charge < -0.3 is 16.0 Å². The molecule has 0 atom stereocenters. The molecule has 0 bridgehead atoms. The van der Waals surface area contributed by atoms with E-state index in [1.807, 2.05) is 0 Å². The van der Waals surface area contributed by atoms with E-state index in [0.717, 1.165) is 65.0 Å². The summed E-state index contributed by atoms with van der Waals surface area (Å²) in [6.07, 6.45) is 4.22. The molecule has 0 saturated carbocycles. The minimum atomic E-state index is 0.175. The van der Waals surface area contributed by atoms with Crippen LogP contribution >= 0.6 is 0 Å². The summed E-state index contributed by atoms with van der Waals surface area (Å²) >= 11 is 0. The third-order valence-electron chi connectivity index (χ3n) is 4.08. The van der Waals surface area contributed by atoms with Crippen LogP contribution in [0.2, 0.25) is 0 Å². The molecule has 20 heavy (non-hydrogen) atoms. The third kappa shape index (κ3) is 6.68. The fraction of sp³-hybridized carbons (Fsp3) is 0.933. The topological polar surface area (TPSA) is 61.6 Å². The molecule has 1 fully saturated rings. The van der Waals surface area contributed by atoms with Crippen molar-refractivity contribution in [3.8, 4) is 0 Å². The van der Waals surface area contributed by atoms with Crippen LogP contribution in [-0.2, 0) is 4.79 Å². The number of nitrogens with one attached hydrogen (secondary N) is 1. The van der Waals surface area contributed by atoms with Crippen LogP contribution in [0.1, 0.15) is 39.5 Å². The second-order valence-corrected chi connectivity index (χ2v) is 5.69. The Kier molecular flexibility index (Phi) is 8.82. The second kappa shape index (κ2) is 10.1. The van der Waals surface area contributed by atoms with Gasteiger partial charge in [0, 0.05) is 19.1 Å². The first kappa shape index (κ1) is 17.4. The summed E-state index contributed by atoms with van der Waals surface area (Å²) in [7, 11) is 0. The first-order valence-electron chi connectivity index (χ1n) is 8.13. The molecule has 1 amide bonds. The zero-order valence-electron chi connectivity index (χ0n) is 13.2. The number of carbonyl (C=O) groups excluding carboxylic acids is 1. The Morgan fingerprint density at radius 1 is 1.15 bits per heavy atom. The number of carbonyl (C=O) groups is 1. The summed E-state index contributed by atoms with van der Waals surface area (Å²) in [5, 5.41) is 3.12. The SMILES string of the molecule is CCC(CC)NC(=O)CN1CCCN(CCCN)CC1. The van der Waals surface area contributed by atoms with Gasteiger partial charge in [0.1, 0.15) is 0 Å².